The van der Waals surface area contributed by atoms with E-state index in [0.29, 0.717) is 18.6 Å². The summed E-state index contributed by atoms with van der Waals surface area (Å²) in [5, 5.41) is -3.21. The summed E-state index contributed by atoms with van der Waals surface area (Å²) in [5.74, 6) is 0. The predicted octanol–water partition coefficient (Wildman–Crippen LogP) is 9.88. The summed E-state index contributed by atoms with van der Waals surface area (Å²) in [5.41, 5.74) is -3.68. The smallest absolute Gasteiger partial charge is 0.329 e. The van der Waals surface area contributed by atoms with Crippen LogP contribution >= 0.6 is 82.4 Å². The van der Waals surface area contributed by atoms with Crippen molar-refractivity contribution in [2.24, 2.45) is 0 Å². The maximum Gasteiger partial charge on any atom is 0.417 e. The van der Waals surface area contributed by atoms with E-state index in [4.69, 9.17) is 11.6 Å². The highest BCUT2D eigenvalue weighted by atomic mass is 79.9. The minimum Gasteiger partial charge on any atom is -0.329 e. The fourth-order valence-electron chi connectivity index (χ4n) is 1.78. The van der Waals surface area contributed by atoms with Crippen molar-refractivity contribution in [2.45, 2.75) is 18.5 Å². The Kier molecular flexibility index (Phi) is 15.4. The van der Waals surface area contributed by atoms with Crippen LogP contribution in [0.2, 0.25) is 5.15 Å². The van der Waals surface area contributed by atoms with Crippen molar-refractivity contribution in [3.63, 3.8) is 0 Å². The van der Waals surface area contributed by atoms with Gasteiger partial charge in [-0.15, -0.1) is 0 Å². The van der Waals surface area contributed by atoms with E-state index in [-0.39, 0.29) is 14.1 Å². The van der Waals surface area contributed by atoms with Crippen molar-refractivity contribution < 1.29 is 44.1 Å². The lowest BCUT2D eigenvalue weighted by atomic mass is 10.3. The summed E-state index contributed by atoms with van der Waals surface area (Å²) in [7, 11) is 0. The number of aromatic amines is 2. The van der Waals surface area contributed by atoms with E-state index in [1.807, 2.05) is 9.97 Å². The van der Waals surface area contributed by atoms with Crippen molar-refractivity contribution in [2.75, 3.05) is 0 Å². The maximum atomic E-state index is 12.0. The average Bonchev–Trinajstić information content (AvgIpc) is 2.75. The number of hydrogen-bond donors (Lipinski definition) is 2. The molecule has 3 aromatic rings. The summed E-state index contributed by atoms with van der Waals surface area (Å²) in [6.45, 7) is 0. The van der Waals surface area contributed by atoms with Crippen molar-refractivity contribution in [1.29, 1.82) is 0 Å². The van der Waals surface area contributed by atoms with Crippen LogP contribution in [0, 0.1) is 0 Å². The van der Waals surface area contributed by atoms with Gasteiger partial charge in [-0.25, -0.2) is 4.98 Å². The molecular formula is C18H9Br2Cl4F9N3O3P. The summed E-state index contributed by atoms with van der Waals surface area (Å²) in [6, 6.07) is 3.19. The molecule has 40 heavy (non-hydrogen) atoms. The molecule has 3 heterocycles. The van der Waals surface area contributed by atoms with Crippen molar-refractivity contribution in [3.8, 4) is 0 Å². The molecule has 3 aromatic heterocycles. The number of rotatable bonds is 0. The second kappa shape index (κ2) is 15.8. The minimum absolute atomic E-state index is 0.0167. The standard InChI is InChI=1S/C6H2BrClF3N.C6H3BrF3NO.C6H4F3NO.Cl3OP/c7-4-1-3(6(9,10)11)2-12-5(4)8;7-4-1-3(6(8,9)10)2-11-5(4)12;7-6(8,9)4-1-2-5(11)10-3-4;1-5(2,3)4/h1-2H;1-2H,(H,11,12);1-3H,(H,10,11);. The molecule has 0 unspecified atom stereocenters. The first-order valence-corrected chi connectivity index (χ1v) is 15.5. The molecule has 0 aromatic carbocycles. The van der Waals surface area contributed by atoms with Crippen LogP contribution in [0.3, 0.4) is 0 Å². The van der Waals surface area contributed by atoms with Gasteiger partial charge >= 0.3 is 23.7 Å². The Hall–Kier alpha value is -1.23. The number of pyridine rings is 3. The van der Waals surface area contributed by atoms with E-state index < -0.39 is 51.5 Å². The van der Waals surface area contributed by atoms with Gasteiger partial charge in [0.2, 0.25) is 5.56 Å². The van der Waals surface area contributed by atoms with Crippen LogP contribution in [-0.2, 0) is 23.1 Å². The van der Waals surface area contributed by atoms with Gasteiger partial charge in [0.25, 0.3) is 5.56 Å². The summed E-state index contributed by atoms with van der Waals surface area (Å²) in [6.07, 6.45) is -11.2. The molecule has 0 atom stereocenters. The lowest BCUT2D eigenvalue weighted by Gasteiger charge is -2.05. The Morgan fingerprint density at radius 1 is 0.725 bits per heavy atom. The third-order valence-corrected chi connectivity index (χ3v) is 5.14. The number of halogens is 15. The molecule has 0 bridgehead atoms. The highest BCUT2D eigenvalue weighted by Crippen LogP contribution is 2.61. The molecular weight excluding hydrogens is 810 g/mol. The van der Waals surface area contributed by atoms with Crippen LogP contribution < -0.4 is 11.1 Å². The first-order chi connectivity index (χ1) is 17.8. The average molecular weight is 819 g/mol. The maximum absolute atomic E-state index is 12.0. The third-order valence-electron chi connectivity index (χ3n) is 3.42. The topological polar surface area (TPSA) is 95.7 Å². The molecule has 2 N–H and O–H groups in total. The predicted molar refractivity (Wildman–Crippen MR) is 139 cm³/mol. The van der Waals surface area contributed by atoms with E-state index in [2.05, 4.69) is 70.6 Å². The Morgan fingerprint density at radius 3 is 1.50 bits per heavy atom. The second-order valence-corrected chi connectivity index (χ2v) is 15.1. The lowest BCUT2D eigenvalue weighted by molar-refractivity contribution is -0.138. The van der Waals surface area contributed by atoms with E-state index in [1.165, 1.54) is 0 Å². The summed E-state index contributed by atoms with van der Waals surface area (Å²) < 4.78 is 117. The van der Waals surface area contributed by atoms with E-state index >= 15 is 0 Å². The molecule has 0 saturated heterocycles. The number of alkyl halides is 9. The largest absolute Gasteiger partial charge is 0.417 e. The Morgan fingerprint density at radius 2 is 1.15 bits per heavy atom. The summed E-state index contributed by atoms with van der Waals surface area (Å²) >= 11 is 24.8. The molecule has 0 aliphatic rings. The van der Waals surface area contributed by atoms with Crippen LogP contribution in [0.15, 0.2) is 61.4 Å². The van der Waals surface area contributed by atoms with Crippen molar-refractivity contribution in [3.05, 3.63) is 94.4 Å². The minimum atomic E-state index is -4.42. The molecule has 0 spiro atoms. The molecule has 6 nitrogen and oxygen atoms in total. The zero-order chi connectivity index (χ0) is 31.7. The molecule has 22 heteroatoms. The van der Waals surface area contributed by atoms with Gasteiger partial charge in [0.1, 0.15) is 5.15 Å². The first kappa shape index (κ1) is 38.8. The second-order valence-electron chi connectivity index (χ2n) is 6.40. The van der Waals surface area contributed by atoms with E-state index in [1.54, 1.807) is 0 Å². The fraction of sp³-hybridized carbons (Fsp3) is 0.167. The van der Waals surface area contributed by atoms with Gasteiger partial charge in [0.05, 0.1) is 25.6 Å². The van der Waals surface area contributed by atoms with Crippen LogP contribution in [0.5, 0.6) is 0 Å². The SMILES string of the molecule is FC(F)(F)c1cnc(Cl)c(Br)c1.O=P(Cl)(Cl)Cl.O=c1[nH]cc(C(F)(F)F)cc1Br.O=c1ccc(C(F)(F)F)c[nH]1. The van der Waals surface area contributed by atoms with Crippen LogP contribution in [0.4, 0.5) is 39.5 Å². The van der Waals surface area contributed by atoms with Gasteiger partial charge in [-0.2, -0.15) is 39.5 Å². The van der Waals surface area contributed by atoms with Crippen LogP contribution in [0.25, 0.3) is 0 Å². The zero-order valence-electron chi connectivity index (χ0n) is 18.3. The normalized spacial score (nSPS) is 11.7. The monoisotopic (exact) mass is 815 g/mol. The van der Waals surface area contributed by atoms with E-state index in [0.717, 1.165) is 24.3 Å². The van der Waals surface area contributed by atoms with Gasteiger partial charge in [-0.05, 0) is 83.8 Å². The molecule has 224 valence electrons. The Bertz CT molecular complexity index is 1400. The number of nitrogens with one attached hydrogen (secondary N) is 2. The lowest BCUT2D eigenvalue weighted by Crippen LogP contribution is -2.12. The van der Waals surface area contributed by atoms with Gasteiger partial charge in [-0.1, -0.05) is 11.6 Å². The molecule has 0 aliphatic heterocycles. The van der Waals surface area contributed by atoms with Crippen molar-refractivity contribution >= 4 is 82.4 Å². The van der Waals surface area contributed by atoms with Crippen LogP contribution in [0.1, 0.15) is 16.7 Å². The molecule has 3 rings (SSSR count). The summed E-state index contributed by atoms with van der Waals surface area (Å²) in [4.78, 5) is 28.2. The van der Waals surface area contributed by atoms with Gasteiger partial charge in [0, 0.05) is 24.7 Å². The number of hydrogen-bond acceptors (Lipinski definition) is 4. The molecule has 0 aliphatic carbocycles. The molecule has 0 saturated carbocycles. The number of H-pyrrole nitrogens is 2. The van der Waals surface area contributed by atoms with E-state index in [9.17, 15) is 53.7 Å². The Balaban J connectivity index is 0.000000527. The number of nitrogens with zero attached hydrogens (tertiary/aromatic N) is 1. The highest BCUT2D eigenvalue weighted by molar-refractivity contribution is 9.10. The molecule has 0 amide bonds. The van der Waals surface area contributed by atoms with Gasteiger partial charge in [0.15, 0.2) is 0 Å². The fourth-order valence-corrected chi connectivity index (χ4v) is 2.60. The van der Waals surface area contributed by atoms with Gasteiger partial charge in [-0.3, -0.25) is 14.2 Å². The third kappa shape index (κ3) is 16.9. The molecule has 0 radical (unpaired) electrons. The zero-order valence-corrected chi connectivity index (χ0v) is 25.4. The molecule has 0 fully saturated rings. The van der Waals surface area contributed by atoms with Crippen LogP contribution in [-0.4, -0.2) is 15.0 Å². The highest BCUT2D eigenvalue weighted by Gasteiger charge is 2.32. The number of aromatic nitrogens is 3. The Labute approximate surface area is 253 Å². The van der Waals surface area contributed by atoms with Crippen molar-refractivity contribution in [1.82, 2.24) is 15.0 Å². The quantitative estimate of drug-likeness (QED) is 0.134. The first-order valence-electron chi connectivity index (χ1n) is 9.11. The van der Waals surface area contributed by atoms with Gasteiger partial charge < -0.3 is 9.97 Å².